The second-order valence-corrected chi connectivity index (χ2v) is 4.63. The van der Waals surface area contributed by atoms with Gasteiger partial charge in [0.15, 0.2) is 0 Å². The molecule has 1 aliphatic heterocycles. The third kappa shape index (κ3) is 3.74. The number of halogens is 1. The van der Waals surface area contributed by atoms with Gasteiger partial charge in [0.1, 0.15) is 11.5 Å². The van der Waals surface area contributed by atoms with Crippen LogP contribution in [0.15, 0.2) is 54.6 Å². The van der Waals surface area contributed by atoms with Crippen molar-refractivity contribution in [2.75, 3.05) is 24.5 Å². The Kier molecular flexibility index (Phi) is 5.20. The second kappa shape index (κ2) is 7.11. The molecule has 0 aliphatic carbocycles. The van der Waals surface area contributed by atoms with Gasteiger partial charge in [0.2, 0.25) is 5.91 Å². The highest BCUT2D eigenvalue weighted by Gasteiger charge is 2.18. The molecule has 110 valence electrons. The number of carbonyl (C=O) groups excluding carboxylic acids is 1. The molecule has 0 saturated carbocycles. The molecule has 0 spiro atoms. The minimum absolute atomic E-state index is 0. The number of nitrogens with one attached hydrogen (secondary N) is 1. The normalized spacial score (nSPS) is 14.5. The third-order valence-electron chi connectivity index (χ3n) is 3.22. The molecule has 1 N–H and O–H groups in total. The average Bonchev–Trinajstić information content (AvgIpc) is 2.50. The Morgan fingerprint density at radius 2 is 1.62 bits per heavy atom. The molecule has 4 nitrogen and oxygen atoms in total. The van der Waals surface area contributed by atoms with Gasteiger partial charge >= 0.3 is 0 Å². The Labute approximate surface area is 130 Å². The predicted octanol–water partition coefficient (Wildman–Crippen LogP) is 2.84. The van der Waals surface area contributed by atoms with Gasteiger partial charge in [0, 0.05) is 18.8 Å². The van der Waals surface area contributed by atoms with Crippen LogP contribution in [0.25, 0.3) is 0 Å². The van der Waals surface area contributed by atoms with Gasteiger partial charge in [-0.1, -0.05) is 18.2 Å². The summed E-state index contributed by atoms with van der Waals surface area (Å²) in [6.45, 7) is 1.94. The predicted molar refractivity (Wildman–Crippen MR) is 85.4 cm³/mol. The van der Waals surface area contributed by atoms with E-state index in [-0.39, 0.29) is 18.3 Å². The largest absolute Gasteiger partial charge is 0.457 e. The van der Waals surface area contributed by atoms with Crippen LogP contribution in [-0.4, -0.2) is 25.5 Å². The molecular formula is C16H17ClN2O2. The van der Waals surface area contributed by atoms with E-state index in [4.69, 9.17) is 4.74 Å². The van der Waals surface area contributed by atoms with Gasteiger partial charge in [-0.25, -0.2) is 0 Å². The van der Waals surface area contributed by atoms with E-state index in [9.17, 15) is 4.79 Å². The fraction of sp³-hybridized carbons (Fsp3) is 0.188. The lowest BCUT2D eigenvalue weighted by molar-refractivity contribution is -0.118. The number of amides is 1. The highest BCUT2D eigenvalue weighted by Crippen LogP contribution is 2.24. The molecule has 2 aromatic rings. The van der Waals surface area contributed by atoms with Gasteiger partial charge < -0.3 is 15.0 Å². The third-order valence-corrected chi connectivity index (χ3v) is 3.22. The van der Waals surface area contributed by atoms with Crippen LogP contribution < -0.4 is 15.0 Å². The van der Waals surface area contributed by atoms with Crippen molar-refractivity contribution in [3.8, 4) is 11.5 Å². The molecule has 0 atom stereocenters. The van der Waals surface area contributed by atoms with Crippen LogP contribution in [0.4, 0.5) is 5.69 Å². The Bertz CT molecular complexity index is 587. The van der Waals surface area contributed by atoms with E-state index in [2.05, 4.69) is 5.32 Å². The highest BCUT2D eigenvalue weighted by atomic mass is 35.5. The molecule has 1 saturated heterocycles. The van der Waals surface area contributed by atoms with Crippen molar-refractivity contribution in [1.29, 1.82) is 0 Å². The fourth-order valence-corrected chi connectivity index (χ4v) is 2.20. The summed E-state index contributed by atoms with van der Waals surface area (Å²) in [4.78, 5) is 13.6. The number of para-hydroxylation sites is 1. The van der Waals surface area contributed by atoms with E-state index in [0.29, 0.717) is 13.1 Å². The first kappa shape index (κ1) is 15.4. The van der Waals surface area contributed by atoms with E-state index < -0.39 is 0 Å². The maximum Gasteiger partial charge on any atom is 0.240 e. The Morgan fingerprint density at radius 1 is 0.952 bits per heavy atom. The van der Waals surface area contributed by atoms with Crippen molar-refractivity contribution < 1.29 is 9.53 Å². The van der Waals surface area contributed by atoms with Crippen LogP contribution in [0.1, 0.15) is 0 Å². The van der Waals surface area contributed by atoms with Crippen molar-refractivity contribution in [1.82, 2.24) is 5.32 Å². The first-order valence-electron chi connectivity index (χ1n) is 6.67. The monoisotopic (exact) mass is 304 g/mol. The quantitative estimate of drug-likeness (QED) is 0.948. The second-order valence-electron chi connectivity index (χ2n) is 4.63. The van der Waals surface area contributed by atoms with Gasteiger partial charge in [0.05, 0.1) is 6.54 Å². The van der Waals surface area contributed by atoms with Crippen molar-refractivity contribution >= 4 is 24.0 Å². The SMILES string of the molecule is Cl.O=C1CNCCN1c1ccc(Oc2ccccc2)cc1. The van der Waals surface area contributed by atoms with E-state index in [0.717, 1.165) is 23.7 Å². The Morgan fingerprint density at radius 3 is 2.29 bits per heavy atom. The molecule has 0 aromatic heterocycles. The standard InChI is InChI=1S/C16H16N2O2.ClH/c19-16-12-17-10-11-18(16)13-6-8-15(9-7-13)20-14-4-2-1-3-5-14;/h1-9,17H,10-12H2;1H. The summed E-state index contributed by atoms with van der Waals surface area (Å²) in [5, 5.41) is 3.06. The molecule has 3 rings (SSSR count). The number of ether oxygens (including phenoxy) is 1. The maximum atomic E-state index is 11.8. The Hall–Kier alpha value is -2.04. The summed E-state index contributed by atoms with van der Waals surface area (Å²) in [6, 6.07) is 17.2. The van der Waals surface area contributed by atoms with Crippen LogP contribution in [0.3, 0.4) is 0 Å². The zero-order chi connectivity index (χ0) is 13.8. The van der Waals surface area contributed by atoms with Crippen LogP contribution in [0, 0.1) is 0 Å². The molecule has 1 fully saturated rings. The van der Waals surface area contributed by atoms with E-state index in [1.165, 1.54) is 0 Å². The number of carbonyl (C=O) groups is 1. The summed E-state index contributed by atoms with van der Waals surface area (Å²) < 4.78 is 5.73. The van der Waals surface area contributed by atoms with Gasteiger partial charge in [0.25, 0.3) is 0 Å². The molecule has 0 unspecified atom stereocenters. The first-order chi connectivity index (χ1) is 9.83. The number of benzene rings is 2. The zero-order valence-electron chi connectivity index (χ0n) is 11.5. The van der Waals surface area contributed by atoms with Crippen molar-refractivity contribution in [3.05, 3.63) is 54.6 Å². The topological polar surface area (TPSA) is 41.6 Å². The molecule has 1 heterocycles. The molecule has 0 radical (unpaired) electrons. The maximum absolute atomic E-state index is 11.8. The lowest BCUT2D eigenvalue weighted by atomic mass is 10.2. The minimum Gasteiger partial charge on any atom is -0.457 e. The summed E-state index contributed by atoms with van der Waals surface area (Å²) in [5.41, 5.74) is 0.914. The van der Waals surface area contributed by atoms with Crippen LogP contribution >= 0.6 is 12.4 Å². The highest BCUT2D eigenvalue weighted by molar-refractivity contribution is 5.95. The van der Waals surface area contributed by atoms with Gasteiger partial charge in [-0.3, -0.25) is 4.79 Å². The fourth-order valence-electron chi connectivity index (χ4n) is 2.20. The van der Waals surface area contributed by atoms with Gasteiger partial charge in [-0.2, -0.15) is 0 Å². The molecule has 1 amide bonds. The minimum atomic E-state index is 0. The zero-order valence-corrected chi connectivity index (χ0v) is 12.3. The number of piperazine rings is 1. The number of hydrogen-bond donors (Lipinski definition) is 1. The number of hydrogen-bond acceptors (Lipinski definition) is 3. The summed E-state index contributed by atoms with van der Waals surface area (Å²) in [7, 11) is 0. The smallest absolute Gasteiger partial charge is 0.240 e. The molecule has 0 bridgehead atoms. The van der Waals surface area contributed by atoms with Crippen molar-refractivity contribution in [2.45, 2.75) is 0 Å². The van der Waals surface area contributed by atoms with Gasteiger partial charge in [-0.15, -0.1) is 12.4 Å². The van der Waals surface area contributed by atoms with Crippen LogP contribution in [0.2, 0.25) is 0 Å². The van der Waals surface area contributed by atoms with Crippen LogP contribution in [-0.2, 0) is 4.79 Å². The molecule has 5 heteroatoms. The van der Waals surface area contributed by atoms with Crippen LogP contribution in [0.5, 0.6) is 11.5 Å². The summed E-state index contributed by atoms with van der Waals surface area (Å²) in [5.74, 6) is 1.68. The average molecular weight is 305 g/mol. The lowest BCUT2D eigenvalue weighted by Crippen LogP contribution is -2.48. The first-order valence-corrected chi connectivity index (χ1v) is 6.67. The summed E-state index contributed by atoms with van der Waals surface area (Å²) >= 11 is 0. The molecular weight excluding hydrogens is 288 g/mol. The van der Waals surface area contributed by atoms with E-state index in [1.807, 2.05) is 54.6 Å². The Balaban J connectivity index is 0.00000161. The summed E-state index contributed by atoms with van der Waals surface area (Å²) in [6.07, 6.45) is 0. The van der Waals surface area contributed by atoms with E-state index >= 15 is 0 Å². The van der Waals surface area contributed by atoms with E-state index in [1.54, 1.807) is 4.90 Å². The number of anilines is 1. The van der Waals surface area contributed by atoms with Crippen molar-refractivity contribution in [3.63, 3.8) is 0 Å². The molecule has 1 aliphatic rings. The van der Waals surface area contributed by atoms with Gasteiger partial charge in [-0.05, 0) is 36.4 Å². The number of nitrogens with zero attached hydrogens (tertiary/aromatic N) is 1. The lowest BCUT2D eigenvalue weighted by Gasteiger charge is -2.27. The van der Waals surface area contributed by atoms with Crippen molar-refractivity contribution in [2.24, 2.45) is 0 Å². The molecule has 21 heavy (non-hydrogen) atoms. The number of rotatable bonds is 3. The molecule has 2 aromatic carbocycles.